The minimum Gasteiger partial charge on any atom is -0.502 e. The fourth-order valence-corrected chi connectivity index (χ4v) is 3.43. The maximum absolute atomic E-state index is 10.2. The monoisotopic (exact) mass is 388 g/mol. The van der Waals surface area contributed by atoms with Crippen LogP contribution in [-0.2, 0) is 0 Å². The van der Waals surface area contributed by atoms with E-state index in [0.29, 0.717) is 17.1 Å². The number of benzene rings is 2. The van der Waals surface area contributed by atoms with Gasteiger partial charge in [-0.2, -0.15) is 0 Å². The summed E-state index contributed by atoms with van der Waals surface area (Å²) >= 11 is 0. The van der Waals surface area contributed by atoms with Crippen LogP contribution >= 0.6 is 0 Å². The molecule has 0 spiro atoms. The number of hydrogen-bond acceptors (Lipinski definition) is 7. The normalized spacial score (nSPS) is 18.0. The Morgan fingerprint density at radius 2 is 1.61 bits per heavy atom. The van der Waals surface area contributed by atoms with E-state index in [0.717, 1.165) is 11.1 Å². The molecule has 0 saturated carbocycles. The molecule has 0 unspecified atom stereocenters. The third-order valence-corrected chi connectivity index (χ3v) is 4.78. The van der Waals surface area contributed by atoms with Crippen LogP contribution < -0.4 is 18.9 Å². The van der Waals surface area contributed by atoms with Crippen molar-refractivity contribution in [3.8, 4) is 28.7 Å². The zero-order valence-electron chi connectivity index (χ0n) is 16.0. The molecule has 0 aromatic heterocycles. The molecule has 3 rings (SSSR count). The number of aliphatic hydroxyl groups is 2. The van der Waals surface area contributed by atoms with Crippen LogP contribution in [0.5, 0.6) is 28.7 Å². The van der Waals surface area contributed by atoms with Crippen LogP contribution in [0.4, 0.5) is 0 Å². The van der Waals surface area contributed by atoms with Gasteiger partial charge in [0, 0.05) is 11.1 Å². The van der Waals surface area contributed by atoms with Crippen molar-refractivity contribution in [2.45, 2.75) is 12.0 Å². The molecule has 2 atom stereocenters. The maximum Gasteiger partial charge on any atom is 0.200 e. The Morgan fingerprint density at radius 1 is 0.964 bits per heavy atom. The van der Waals surface area contributed by atoms with E-state index in [1.807, 2.05) is 6.07 Å². The fourth-order valence-electron chi connectivity index (χ4n) is 3.43. The van der Waals surface area contributed by atoms with Gasteiger partial charge >= 0.3 is 0 Å². The average molecular weight is 388 g/mol. The van der Waals surface area contributed by atoms with Gasteiger partial charge in [0.15, 0.2) is 23.0 Å². The van der Waals surface area contributed by atoms with Gasteiger partial charge < -0.3 is 34.3 Å². The number of fused-ring (bicyclic) bond motifs is 1. The van der Waals surface area contributed by atoms with Crippen molar-refractivity contribution >= 4 is 6.08 Å². The quantitative estimate of drug-likeness (QED) is 0.671. The molecule has 1 heterocycles. The molecule has 2 aromatic carbocycles. The molecule has 0 saturated heterocycles. The van der Waals surface area contributed by atoms with Gasteiger partial charge in [-0.15, -0.1) is 0 Å². The molecule has 0 fully saturated rings. The zero-order chi connectivity index (χ0) is 20.3. The van der Waals surface area contributed by atoms with Crippen LogP contribution in [0.1, 0.15) is 28.7 Å². The number of methoxy groups -OCH3 is 3. The third kappa shape index (κ3) is 3.46. The lowest BCUT2D eigenvalue weighted by Gasteiger charge is -2.20. The molecule has 150 valence electrons. The van der Waals surface area contributed by atoms with Crippen LogP contribution in [0.2, 0.25) is 0 Å². The van der Waals surface area contributed by atoms with Crippen molar-refractivity contribution in [3.05, 3.63) is 47.0 Å². The number of rotatable bonds is 7. The first kappa shape index (κ1) is 19.9. The molecule has 7 nitrogen and oxygen atoms in total. The maximum atomic E-state index is 10.2. The van der Waals surface area contributed by atoms with Crippen LogP contribution in [0, 0.1) is 0 Å². The largest absolute Gasteiger partial charge is 0.502 e. The summed E-state index contributed by atoms with van der Waals surface area (Å²) < 4.78 is 22.1. The molecular weight excluding hydrogens is 364 g/mol. The molecule has 1 aliphatic heterocycles. The van der Waals surface area contributed by atoms with Crippen molar-refractivity contribution in [1.82, 2.24) is 0 Å². The second kappa shape index (κ2) is 8.41. The highest BCUT2D eigenvalue weighted by atomic mass is 16.5. The molecular formula is C21H24O7. The highest BCUT2D eigenvalue weighted by Gasteiger charge is 2.38. The lowest BCUT2D eigenvalue weighted by atomic mass is 9.90. The van der Waals surface area contributed by atoms with E-state index in [1.54, 1.807) is 37.5 Å². The standard InChI is InChI=1S/C21H24O7/c1-25-16-9-13(10-17(26-2)19(16)24)20-15(11-23)14-7-12(5-4-6-22)8-18(27-3)21(14)28-20/h4-5,7-10,15,20,22-24H,6,11H2,1-3H3/b5-4+/t15-,20+/m0/s1. The van der Waals surface area contributed by atoms with Crippen molar-refractivity contribution in [2.24, 2.45) is 0 Å². The number of aromatic hydroxyl groups is 1. The van der Waals surface area contributed by atoms with Gasteiger partial charge in [-0.05, 0) is 29.8 Å². The van der Waals surface area contributed by atoms with Crippen molar-refractivity contribution in [2.75, 3.05) is 34.5 Å². The first-order chi connectivity index (χ1) is 13.6. The molecule has 0 bridgehead atoms. The summed E-state index contributed by atoms with van der Waals surface area (Å²) in [4.78, 5) is 0. The predicted octanol–water partition coefficient (Wildman–Crippen LogP) is 2.63. The van der Waals surface area contributed by atoms with Gasteiger partial charge in [0.05, 0.1) is 40.5 Å². The van der Waals surface area contributed by atoms with Gasteiger partial charge in [0.2, 0.25) is 5.75 Å². The van der Waals surface area contributed by atoms with Crippen LogP contribution in [0.15, 0.2) is 30.3 Å². The smallest absolute Gasteiger partial charge is 0.200 e. The summed E-state index contributed by atoms with van der Waals surface area (Å²) in [5.74, 6) is 1.14. The van der Waals surface area contributed by atoms with Gasteiger partial charge in [0.25, 0.3) is 0 Å². The summed E-state index contributed by atoms with van der Waals surface area (Å²) in [6, 6.07) is 7.03. The van der Waals surface area contributed by atoms with Crippen molar-refractivity contribution in [1.29, 1.82) is 0 Å². The SMILES string of the molecule is COc1cc([C@H]2Oc3c(OC)cc(/C=C/CO)cc3[C@@H]2CO)cc(OC)c1O. The Hall–Kier alpha value is -2.90. The second-order valence-electron chi connectivity index (χ2n) is 6.33. The van der Waals surface area contributed by atoms with E-state index in [1.165, 1.54) is 14.2 Å². The summed E-state index contributed by atoms with van der Waals surface area (Å²) in [6.45, 7) is -0.228. The molecule has 0 amide bonds. The highest BCUT2D eigenvalue weighted by molar-refractivity contribution is 5.63. The van der Waals surface area contributed by atoms with E-state index >= 15 is 0 Å². The van der Waals surface area contributed by atoms with Crippen molar-refractivity contribution in [3.63, 3.8) is 0 Å². The molecule has 0 radical (unpaired) electrons. The molecule has 7 heteroatoms. The first-order valence-corrected chi connectivity index (χ1v) is 8.79. The van der Waals surface area contributed by atoms with E-state index in [-0.39, 0.29) is 36.4 Å². The molecule has 3 N–H and O–H groups in total. The number of aliphatic hydroxyl groups excluding tert-OH is 2. The van der Waals surface area contributed by atoms with Crippen LogP contribution in [0.3, 0.4) is 0 Å². The minimum absolute atomic E-state index is 0.0744. The van der Waals surface area contributed by atoms with E-state index < -0.39 is 6.10 Å². The Bertz CT molecular complexity index is 850. The Labute approximate surface area is 163 Å². The highest BCUT2D eigenvalue weighted by Crippen LogP contribution is 2.52. The van der Waals surface area contributed by atoms with Crippen molar-refractivity contribution < 1.29 is 34.3 Å². The summed E-state index contributed by atoms with van der Waals surface area (Å²) in [6.07, 6.45) is 2.88. The summed E-state index contributed by atoms with van der Waals surface area (Å²) in [5.41, 5.74) is 2.32. The first-order valence-electron chi connectivity index (χ1n) is 8.79. The lowest BCUT2D eigenvalue weighted by molar-refractivity contribution is 0.156. The number of phenolic OH excluding ortho intramolecular Hbond substituents is 1. The number of phenols is 1. The lowest BCUT2D eigenvalue weighted by Crippen LogP contribution is -2.13. The molecule has 28 heavy (non-hydrogen) atoms. The van der Waals surface area contributed by atoms with Crippen LogP contribution in [-0.4, -0.2) is 49.9 Å². The predicted molar refractivity (Wildman–Crippen MR) is 104 cm³/mol. The fraction of sp³-hybridized carbons (Fsp3) is 0.333. The number of ether oxygens (including phenoxy) is 4. The van der Waals surface area contributed by atoms with Gasteiger partial charge in [-0.25, -0.2) is 0 Å². The average Bonchev–Trinajstić information content (AvgIpc) is 3.10. The third-order valence-electron chi connectivity index (χ3n) is 4.78. The Kier molecular flexibility index (Phi) is 5.96. The van der Waals surface area contributed by atoms with E-state index in [2.05, 4.69) is 0 Å². The second-order valence-corrected chi connectivity index (χ2v) is 6.33. The van der Waals surface area contributed by atoms with Gasteiger partial charge in [-0.1, -0.05) is 12.2 Å². The van der Waals surface area contributed by atoms with Crippen LogP contribution in [0.25, 0.3) is 6.08 Å². The zero-order valence-corrected chi connectivity index (χ0v) is 16.0. The van der Waals surface area contributed by atoms with Gasteiger partial charge in [-0.3, -0.25) is 0 Å². The van der Waals surface area contributed by atoms with E-state index in [4.69, 9.17) is 24.1 Å². The Morgan fingerprint density at radius 3 is 2.14 bits per heavy atom. The number of hydrogen-bond donors (Lipinski definition) is 3. The molecule has 0 aliphatic carbocycles. The summed E-state index contributed by atoms with van der Waals surface area (Å²) in [7, 11) is 4.45. The topological polar surface area (TPSA) is 97.6 Å². The van der Waals surface area contributed by atoms with E-state index in [9.17, 15) is 10.2 Å². The van der Waals surface area contributed by atoms with Gasteiger partial charge in [0.1, 0.15) is 6.10 Å². The molecule has 1 aliphatic rings. The molecule has 2 aromatic rings. The minimum atomic E-state index is -0.519. The summed E-state index contributed by atoms with van der Waals surface area (Å²) in [5, 5.41) is 29.3. The Balaban J connectivity index is 2.09.